The molecule has 0 bridgehead atoms. The molecule has 86 valence electrons. The second-order valence-corrected chi connectivity index (χ2v) is 4.28. The predicted octanol–water partition coefficient (Wildman–Crippen LogP) is 2.66. The quantitative estimate of drug-likeness (QED) is 0.630. The minimum Gasteiger partial charge on any atom is -0.404 e. The van der Waals surface area contributed by atoms with Gasteiger partial charge >= 0.3 is 5.88 Å². The van der Waals surface area contributed by atoms with E-state index in [0.717, 1.165) is 0 Å². The van der Waals surface area contributed by atoms with Crippen molar-refractivity contribution in [2.24, 2.45) is 11.1 Å². The molecule has 0 amide bonds. The Kier molecular flexibility index (Phi) is 4.30. The van der Waals surface area contributed by atoms with Crippen LogP contribution >= 0.6 is 12.4 Å². The molecule has 1 aromatic heterocycles. The highest BCUT2D eigenvalue weighted by Crippen LogP contribution is 2.32. The minimum atomic E-state index is -0.571. The van der Waals surface area contributed by atoms with Gasteiger partial charge in [-0.1, -0.05) is 20.8 Å². The van der Waals surface area contributed by atoms with E-state index in [1.165, 1.54) is 6.07 Å². The first-order chi connectivity index (χ1) is 6.32. The summed E-state index contributed by atoms with van der Waals surface area (Å²) in [6.45, 7) is 5.85. The van der Waals surface area contributed by atoms with Crippen LogP contribution in [0.5, 0.6) is 0 Å². The third kappa shape index (κ3) is 3.21. The second kappa shape index (κ2) is 4.63. The molecule has 0 fully saturated rings. The lowest BCUT2D eigenvalue weighted by Gasteiger charge is -2.24. The van der Waals surface area contributed by atoms with Gasteiger partial charge in [-0.15, -0.1) is 12.4 Å². The van der Waals surface area contributed by atoms with E-state index in [0.29, 0.717) is 5.76 Å². The zero-order chi connectivity index (χ0) is 10.9. The van der Waals surface area contributed by atoms with E-state index in [1.807, 2.05) is 20.8 Å². The molecular formula is C9H15ClN2O3. The van der Waals surface area contributed by atoms with Crippen LogP contribution in [0.25, 0.3) is 0 Å². The molecule has 1 rings (SSSR count). The molecule has 1 aromatic rings. The van der Waals surface area contributed by atoms with Crippen molar-refractivity contribution in [3.63, 3.8) is 0 Å². The maximum Gasteiger partial charge on any atom is 0.433 e. The first-order valence-corrected chi connectivity index (χ1v) is 4.32. The van der Waals surface area contributed by atoms with Crippen molar-refractivity contribution >= 4 is 18.3 Å². The Morgan fingerprint density at radius 1 is 1.47 bits per heavy atom. The molecule has 1 atom stereocenters. The van der Waals surface area contributed by atoms with E-state index < -0.39 is 4.92 Å². The topological polar surface area (TPSA) is 82.3 Å². The van der Waals surface area contributed by atoms with Crippen molar-refractivity contribution in [1.82, 2.24) is 0 Å². The molecule has 0 saturated carbocycles. The van der Waals surface area contributed by atoms with Crippen molar-refractivity contribution in [3.8, 4) is 0 Å². The number of nitrogens with two attached hydrogens (primary N) is 1. The van der Waals surface area contributed by atoms with Gasteiger partial charge in [0.2, 0.25) is 0 Å². The van der Waals surface area contributed by atoms with Crippen LogP contribution in [0.15, 0.2) is 16.5 Å². The van der Waals surface area contributed by atoms with Gasteiger partial charge in [-0.2, -0.15) is 0 Å². The van der Waals surface area contributed by atoms with Crippen LogP contribution in [0.3, 0.4) is 0 Å². The molecule has 5 nitrogen and oxygen atoms in total. The van der Waals surface area contributed by atoms with Crippen molar-refractivity contribution in [2.45, 2.75) is 26.8 Å². The highest BCUT2D eigenvalue weighted by Gasteiger charge is 2.26. The SMILES string of the molecule is CC(C)(C)[C@@H](N)c1ccc([N+](=O)[O-])o1.Cl. The van der Waals surface area contributed by atoms with Crippen molar-refractivity contribution < 1.29 is 9.34 Å². The van der Waals surface area contributed by atoms with E-state index in [9.17, 15) is 10.1 Å². The lowest BCUT2D eigenvalue weighted by Crippen LogP contribution is -2.25. The zero-order valence-electron chi connectivity index (χ0n) is 8.89. The predicted molar refractivity (Wildman–Crippen MR) is 59.0 cm³/mol. The summed E-state index contributed by atoms with van der Waals surface area (Å²) in [5.74, 6) is 0.184. The summed E-state index contributed by atoms with van der Waals surface area (Å²) < 4.78 is 5.01. The molecule has 0 aliphatic heterocycles. The first-order valence-electron chi connectivity index (χ1n) is 4.32. The molecule has 2 N–H and O–H groups in total. The molecular weight excluding hydrogens is 220 g/mol. The van der Waals surface area contributed by atoms with Gasteiger partial charge in [-0.25, -0.2) is 0 Å². The molecule has 6 heteroatoms. The average molecular weight is 235 g/mol. The summed E-state index contributed by atoms with van der Waals surface area (Å²) in [5.41, 5.74) is 5.69. The fourth-order valence-corrected chi connectivity index (χ4v) is 1.03. The normalized spacial score (nSPS) is 13.1. The standard InChI is InChI=1S/C9H14N2O3.ClH/c1-9(2,3)8(10)6-4-5-7(14-6)11(12)13;/h4-5,8H,10H2,1-3H3;1H/t8-;/m0./s1. The molecule has 0 saturated heterocycles. The minimum absolute atomic E-state index is 0. The Bertz CT molecular complexity index is 343. The summed E-state index contributed by atoms with van der Waals surface area (Å²) in [4.78, 5) is 9.79. The molecule has 0 radical (unpaired) electrons. The lowest BCUT2D eigenvalue weighted by atomic mass is 9.86. The van der Waals surface area contributed by atoms with Gasteiger partial charge < -0.3 is 10.2 Å². The summed E-state index contributed by atoms with van der Waals surface area (Å²) in [5, 5.41) is 10.4. The Labute approximate surface area is 94.2 Å². The Morgan fingerprint density at radius 2 is 2.00 bits per heavy atom. The highest BCUT2D eigenvalue weighted by atomic mass is 35.5. The number of hydrogen-bond acceptors (Lipinski definition) is 4. The number of nitrogens with zero attached hydrogens (tertiary/aromatic N) is 1. The van der Waals surface area contributed by atoms with Crippen LogP contribution in [0.4, 0.5) is 5.88 Å². The first kappa shape index (κ1) is 13.9. The third-order valence-electron chi connectivity index (χ3n) is 2.03. The van der Waals surface area contributed by atoms with Crippen LogP contribution in [0, 0.1) is 15.5 Å². The Balaban J connectivity index is 0.00000196. The lowest BCUT2D eigenvalue weighted by molar-refractivity contribution is -0.402. The summed E-state index contributed by atoms with van der Waals surface area (Å²) >= 11 is 0. The smallest absolute Gasteiger partial charge is 0.404 e. The van der Waals surface area contributed by atoms with E-state index in [2.05, 4.69) is 0 Å². The molecule has 15 heavy (non-hydrogen) atoms. The van der Waals surface area contributed by atoms with Crippen LogP contribution < -0.4 is 5.73 Å². The zero-order valence-corrected chi connectivity index (χ0v) is 9.71. The third-order valence-corrected chi connectivity index (χ3v) is 2.03. The Morgan fingerprint density at radius 3 is 2.33 bits per heavy atom. The summed E-state index contributed by atoms with van der Waals surface area (Å²) in [6, 6.07) is 2.53. The molecule has 0 aromatic carbocycles. The number of furan rings is 1. The fourth-order valence-electron chi connectivity index (χ4n) is 1.03. The molecule has 0 aliphatic carbocycles. The van der Waals surface area contributed by atoms with E-state index in [1.54, 1.807) is 6.07 Å². The maximum absolute atomic E-state index is 10.4. The van der Waals surface area contributed by atoms with Crippen molar-refractivity contribution in [2.75, 3.05) is 0 Å². The summed E-state index contributed by atoms with van der Waals surface area (Å²) in [7, 11) is 0. The monoisotopic (exact) mass is 234 g/mol. The number of nitro groups is 1. The fraction of sp³-hybridized carbons (Fsp3) is 0.556. The number of rotatable bonds is 2. The Hall–Kier alpha value is -1.07. The average Bonchev–Trinajstić information content (AvgIpc) is 2.48. The van der Waals surface area contributed by atoms with Crippen LogP contribution in [0.1, 0.15) is 32.6 Å². The van der Waals surface area contributed by atoms with Crippen LogP contribution in [0.2, 0.25) is 0 Å². The maximum atomic E-state index is 10.4. The second-order valence-electron chi connectivity index (χ2n) is 4.28. The molecule has 0 aliphatic rings. The number of halogens is 1. The largest absolute Gasteiger partial charge is 0.433 e. The van der Waals surface area contributed by atoms with E-state index >= 15 is 0 Å². The van der Waals surface area contributed by atoms with Gasteiger partial charge in [-0.05, 0) is 11.5 Å². The van der Waals surface area contributed by atoms with Gasteiger partial charge in [0.25, 0.3) is 0 Å². The van der Waals surface area contributed by atoms with Gasteiger partial charge in [-0.3, -0.25) is 10.1 Å². The van der Waals surface area contributed by atoms with Crippen LogP contribution in [-0.2, 0) is 0 Å². The van der Waals surface area contributed by atoms with Gasteiger partial charge in [0.05, 0.1) is 12.1 Å². The molecule has 1 heterocycles. The van der Waals surface area contributed by atoms with Gasteiger partial charge in [0.1, 0.15) is 10.7 Å². The molecule has 0 unspecified atom stereocenters. The van der Waals surface area contributed by atoms with Gasteiger partial charge in [0.15, 0.2) is 0 Å². The van der Waals surface area contributed by atoms with Gasteiger partial charge in [0, 0.05) is 0 Å². The molecule has 0 spiro atoms. The van der Waals surface area contributed by atoms with Crippen molar-refractivity contribution in [1.29, 1.82) is 0 Å². The highest BCUT2D eigenvalue weighted by molar-refractivity contribution is 5.85. The van der Waals surface area contributed by atoms with Crippen molar-refractivity contribution in [3.05, 3.63) is 28.0 Å². The van der Waals surface area contributed by atoms with E-state index in [4.69, 9.17) is 10.2 Å². The summed E-state index contributed by atoms with van der Waals surface area (Å²) in [6.07, 6.45) is 0. The van der Waals surface area contributed by atoms with Crippen LogP contribution in [-0.4, -0.2) is 4.92 Å². The number of hydrogen-bond donors (Lipinski definition) is 1. The van der Waals surface area contributed by atoms with E-state index in [-0.39, 0.29) is 29.7 Å².